The third-order valence-electron chi connectivity index (χ3n) is 3.94. The molecule has 120 valence electrons. The number of rotatable bonds is 3. The summed E-state index contributed by atoms with van der Waals surface area (Å²) in [6, 6.07) is 3.60. The normalized spacial score (nSPS) is 17.0. The molecule has 3 aromatic rings. The molecule has 1 aliphatic rings. The van der Waals surface area contributed by atoms with E-state index in [2.05, 4.69) is 15.0 Å². The van der Waals surface area contributed by atoms with E-state index in [1.165, 1.54) is 21.8 Å². The zero-order chi connectivity index (χ0) is 15.9. The Morgan fingerprint density at radius 2 is 2.00 bits per heavy atom. The molecule has 0 amide bonds. The van der Waals surface area contributed by atoms with Crippen molar-refractivity contribution in [3.63, 3.8) is 0 Å². The first-order chi connectivity index (χ1) is 11.1. The summed E-state index contributed by atoms with van der Waals surface area (Å²) in [6.45, 7) is 2.10. The molecule has 1 N–H and O–H groups in total. The lowest BCUT2D eigenvalue weighted by atomic mass is 10.4. The van der Waals surface area contributed by atoms with Gasteiger partial charge in [0.15, 0.2) is 0 Å². The van der Waals surface area contributed by atoms with Crippen LogP contribution in [0.1, 0.15) is 0 Å². The fraction of sp³-hybridized carbons (Fsp3) is 0.286. The molecule has 1 fully saturated rings. The second kappa shape index (κ2) is 5.59. The van der Waals surface area contributed by atoms with E-state index in [0.29, 0.717) is 26.2 Å². The second-order valence-corrected chi connectivity index (χ2v) is 8.16. The molecule has 0 saturated carbocycles. The van der Waals surface area contributed by atoms with Gasteiger partial charge in [-0.25, -0.2) is 13.4 Å². The number of imidazole rings is 1. The Balaban J connectivity index is 1.55. The average molecular weight is 349 g/mol. The smallest absolute Gasteiger partial charge is 0.244 e. The lowest BCUT2D eigenvalue weighted by Crippen LogP contribution is -2.49. The van der Waals surface area contributed by atoms with Gasteiger partial charge in [0.05, 0.1) is 10.2 Å². The van der Waals surface area contributed by atoms with Gasteiger partial charge in [0.1, 0.15) is 4.90 Å². The first-order valence-corrected chi connectivity index (χ1v) is 9.54. The van der Waals surface area contributed by atoms with Gasteiger partial charge in [-0.05, 0) is 17.5 Å². The summed E-state index contributed by atoms with van der Waals surface area (Å²) in [5.74, 6) is 0.781. The highest BCUT2D eigenvalue weighted by Crippen LogP contribution is 2.24. The molecule has 4 heterocycles. The first kappa shape index (κ1) is 14.6. The number of thiophene rings is 1. The molecule has 0 atom stereocenters. The van der Waals surface area contributed by atoms with E-state index in [0.717, 1.165) is 16.2 Å². The average Bonchev–Trinajstić information content (AvgIpc) is 3.25. The quantitative estimate of drug-likeness (QED) is 0.775. The minimum atomic E-state index is -3.50. The van der Waals surface area contributed by atoms with Crippen LogP contribution in [0, 0.1) is 0 Å². The molecule has 4 rings (SSSR count). The SMILES string of the molecule is O=S(=O)(c1cnc2ccsc2c1)N1CCN(c2ncc[nH]2)CC1. The molecule has 3 aromatic heterocycles. The van der Waals surface area contributed by atoms with E-state index in [-0.39, 0.29) is 4.90 Å². The van der Waals surface area contributed by atoms with Gasteiger partial charge in [-0.2, -0.15) is 4.31 Å². The summed E-state index contributed by atoms with van der Waals surface area (Å²) >= 11 is 1.50. The van der Waals surface area contributed by atoms with E-state index >= 15 is 0 Å². The van der Waals surface area contributed by atoms with Crippen LogP contribution < -0.4 is 4.90 Å². The summed E-state index contributed by atoms with van der Waals surface area (Å²) in [5.41, 5.74) is 0.830. The Kier molecular flexibility index (Phi) is 3.55. The summed E-state index contributed by atoms with van der Waals surface area (Å²) in [7, 11) is -3.50. The maximum absolute atomic E-state index is 12.8. The van der Waals surface area contributed by atoms with Crippen LogP contribution in [0.2, 0.25) is 0 Å². The predicted molar refractivity (Wildman–Crippen MR) is 89.2 cm³/mol. The van der Waals surface area contributed by atoms with Crippen LogP contribution in [0.3, 0.4) is 0 Å². The van der Waals surface area contributed by atoms with E-state index < -0.39 is 10.0 Å². The van der Waals surface area contributed by atoms with Crippen LogP contribution in [0.25, 0.3) is 10.2 Å². The second-order valence-electron chi connectivity index (χ2n) is 5.28. The van der Waals surface area contributed by atoms with Gasteiger partial charge < -0.3 is 9.88 Å². The molecule has 7 nitrogen and oxygen atoms in total. The van der Waals surface area contributed by atoms with Crippen molar-refractivity contribution in [3.05, 3.63) is 36.1 Å². The number of nitrogens with zero attached hydrogens (tertiary/aromatic N) is 4. The fourth-order valence-electron chi connectivity index (χ4n) is 2.69. The lowest BCUT2D eigenvalue weighted by molar-refractivity contribution is 0.383. The molecular formula is C14H15N5O2S2. The molecule has 0 aromatic carbocycles. The van der Waals surface area contributed by atoms with Gasteiger partial charge in [0.2, 0.25) is 16.0 Å². The summed E-state index contributed by atoms with van der Waals surface area (Å²) in [4.78, 5) is 13.8. The number of H-pyrrole nitrogens is 1. The van der Waals surface area contributed by atoms with Crippen molar-refractivity contribution >= 4 is 37.5 Å². The number of fused-ring (bicyclic) bond motifs is 1. The first-order valence-electron chi connectivity index (χ1n) is 7.22. The van der Waals surface area contributed by atoms with E-state index in [4.69, 9.17) is 0 Å². The van der Waals surface area contributed by atoms with E-state index in [1.54, 1.807) is 18.5 Å². The molecule has 0 bridgehead atoms. The standard InChI is InChI=1S/C14H15N5O2S2/c20-23(21,11-9-13-12(17-10-11)1-8-22-13)19-6-4-18(5-7-19)14-15-2-3-16-14/h1-3,8-10H,4-7H2,(H,15,16). The Labute approximate surface area is 137 Å². The molecule has 0 aliphatic carbocycles. The number of piperazine rings is 1. The summed E-state index contributed by atoms with van der Waals surface area (Å²) in [5, 5.41) is 1.91. The van der Waals surface area contributed by atoms with Crippen molar-refractivity contribution in [1.29, 1.82) is 0 Å². The van der Waals surface area contributed by atoms with Crippen molar-refractivity contribution in [2.24, 2.45) is 0 Å². The molecule has 0 unspecified atom stereocenters. The number of aromatic nitrogens is 3. The fourth-order valence-corrected chi connectivity index (χ4v) is 4.94. The molecule has 1 saturated heterocycles. The molecule has 1 aliphatic heterocycles. The van der Waals surface area contributed by atoms with Gasteiger partial charge in [-0.3, -0.25) is 4.98 Å². The number of anilines is 1. The maximum atomic E-state index is 12.8. The van der Waals surface area contributed by atoms with Crippen molar-refractivity contribution in [2.45, 2.75) is 4.90 Å². The summed E-state index contributed by atoms with van der Waals surface area (Å²) < 4.78 is 28.0. The molecular weight excluding hydrogens is 334 g/mol. The van der Waals surface area contributed by atoms with E-state index in [1.807, 2.05) is 16.3 Å². The Bertz CT molecular complexity index is 912. The van der Waals surface area contributed by atoms with Crippen molar-refractivity contribution in [3.8, 4) is 0 Å². The Morgan fingerprint density at radius 3 is 2.74 bits per heavy atom. The number of aromatic amines is 1. The number of sulfonamides is 1. The van der Waals surface area contributed by atoms with Crippen LogP contribution in [0.5, 0.6) is 0 Å². The zero-order valence-corrected chi connectivity index (χ0v) is 13.8. The highest BCUT2D eigenvalue weighted by atomic mass is 32.2. The van der Waals surface area contributed by atoms with Gasteiger partial charge in [0.25, 0.3) is 0 Å². The maximum Gasteiger partial charge on any atom is 0.244 e. The van der Waals surface area contributed by atoms with Crippen LogP contribution in [-0.2, 0) is 10.0 Å². The monoisotopic (exact) mass is 349 g/mol. The van der Waals surface area contributed by atoms with Gasteiger partial charge in [0, 0.05) is 44.8 Å². The Morgan fingerprint density at radius 1 is 1.17 bits per heavy atom. The van der Waals surface area contributed by atoms with Gasteiger partial charge in [-0.15, -0.1) is 11.3 Å². The third-order valence-corrected chi connectivity index (χ3v) is 6.65. The van der Waals surface area contributed by atoms with Gasteiger partial charge in [-0.1, -0.05) is 0 Å². The minimum Gasteiger partial charge on any atom is -0.340 e. The topological polar surface area (TPSA) is 82.2 Å². The summed E-state index contributed by atoms with van der Waals surface area (Å²) in [6.07, 6.45) is 4.91. The van der Waals surface area contributed by atoms with Crippen LogP contribution in [0.15, 0.2) is 41.0 Å². The highest BCUT2D eigenvalue weighted by molar-refractivity contribution is 7.89. The van der Waals surface area contributed by atoms with E-state index in [9.17, 15) is 8.42 Å². The minimum absolute atomic E-state index is 0.263. The predicted octanol–water partition coefficient (Wildman–Crippen LogP) is 1.53. The molecule has 0 spiro atoms. The Hall–Kier alpha value is -1.97. The van der Waals surface area contributed by atoms with Crippen molar-refractivity contribution in [2.75, 3.05) is 31.1 Å². The van der Waals surface area contributed by atoms with Crippen LogP contribution in [-0.4, -0.2) is 53.9 Å². The van der Waals surface area contributed by atoms with Crippen molar-refractivity contribution < 1.29 is 8.42 Å². The zero-order valence-electron chi connectivity index (χ0n) is 12.2. The molecule has 0 radical (unpaired) electrons. The number of hydrogen-bond acceptors (Lipinski definition) is 6. The lowest BCUT2D eigenvalue weighted by Gasteiger charge is -2.33. The van der Waals surface area contributed by atoms with Crippen LogP contribution >= 0.6 is 11.3 Å². The van der Waals surface area contributed by atoms with Crippen LogP contribution in [0.4, 0.5) is 5.95 Å². The molecule has 23 heavy (non-hydrogen) atoms. The largest absolute Gasteiger partial charge is 0.340 e. The van der Waals surface area contributed by atoms with Gasteiger partial charge >= 0.3 is 0 Å². The third kappa shape index (κ3) is 2.60. The molecule has 9 heteroatoms. The number of pyridine rings is 1. The highest BCUT2D eigenvalue weighted by Gasteiger charge is 2.29. The van der Waals surface area contributed by atoms with Crippen molar-refractivity contribution in [1.82, 2.24) is 19.3 Å². The number of hydrogen-bond donors (Lipinski definition) is 1. The number of nitrogens with one attached hydrogen (secondary N) is 1.